The highest BCUT2D eigenvalue weighted by Gasteiger charge is 2.20. The molecule has 0 bridgehead atoms. The number of rotatable bonds is 0. The zero-order valence-corrected chi connectivity index (χ0v) is 5.69. The third-order valence-electron chi connectivity index (χ3n) is 1.30. The lowest BCUT2D eigenvalue weighted by molar-refractivity contribution is 0.266. The van der Waals surface area contributed by atoms with E-state index in [1.165, 1.54) is 0 Å². The molecule has 1 heterocycles. The molecule has 1 unspecified atom stereocenters. The van der Waals surface area contributed by atoms with Gasteiger partial charge in [-0.15, -0.1) is 0 Å². The summed E-state index contributed by atoms with van der Waals surface area (Å²) in [5.41, 5.74) is -0.391. The molecule has 0 saturated carbocycles. The second-order valence-electron chi connectivity index (χ2n) is 2.58. The molecular formula is C7H10FN. The standard InChI is InChI=1S/C7H10FN/c1-6-5-7(2,8)3-4-9-6/h4-5H,3H2,1-2H3. The molecule has 0 aliphatic carbocycles. The van der Waals surface area contributed by atoms with Gasteiger partial charge in [0.2, 0.25) is 0 Å². The summed E-state index contributed by atoms with van der Waals surface area (Å²) in [5, 5.41) is 0. The van der Waals surface area contributed by atoms with E-state index in [1.54, 1.807) is 26.1 Å². The van der Waals surface area contributed by atoms with E-state index < -0.39 is 5.67 Å². The van der Waals surface area contributed by atoms with Gasteiger partial charge in [-0.25, -0.2) is 4.39 Å². The van der Waals surface area contributed by atoms with E-state index >= 15 is 0 Å². The highest BCUT2D eigenvalue weighted by molar-refractivity contribution is 5.62. The van der Waals surface area contributed by atoms with E-state index in [0.29, 0.717) is 6.42 Å². The summed E-state index contributed by atoms with van der Waals surface area (Å²) in [7, 11) is 0. The van der Waals surface area contributed by atoms with Crippen LogP contribution in [0, 0.1) is 0 Å². The summed E-state index contributed by atoms with van der Waals surface area (Å²) >= 11 is 0. The largest absolute Gasteiger partial charge is 0.266 e. The minimum atomic E-state index is -1.16. The van der Waals surface area contributed by atoms with Crippen molar-refractivity contribution in [3.05, 3.63) is 11.8 Å². The van der Waals surface area contributed by atoms with Gasteiger partial charge < -0.3 is 0 Å². The normalized spacial score (nSPS) is 34.3. The number of halogens is 1. The summed E-state index contributed by atoms with van der Waals surface area (Å²) in [5.74, 6) is 0. The van der Waals surface area contributed by atoms with Crippen molar-refractivity contribution in [3.8, 4) is 0 Å². The molecule has 0 aromatic rings. The molecule has 1 atom stereocenters. The summed E-state index contributed by atoms with van der Waals surface area (Å²) in [6, 6.07) is 0. The first-order chi connectivity index (χ1) is 4.10. The van der Waals surface area contributed by atoms with Gasteiger partial charge in [0.05, 0.1) is 0 Å². The second kappa shape index (κ2) is 1.94. The van der Waals surface area contributed by atoms with Crippen LogP contribution in [0.4, 0.5) is 4.39 Å². The van der Waals surface area contributed by atoms with Crippen LogP contribution < -0.4 is 0 Å². The zero-order chi connectivity index (χ0) is 6.91. The van der Waals surface area contributed by atoms with Crippen LogP contribution in [0.2, 0.25) is 0 Å². The predicted molar refractivity (Wildman–Crippen MR) is 36.4 cm³/mol. The van der Waals surface area contributed by atoms with Crippen LogP contribution in [0.25, 0.3) is 0 Å². The van der Waals surface area contributed by atoms with Gasteiger partial charge in [-0.2, -0.15) is 0 Å². The molecule has 1 nitrogen and oxygen atoms in total. The Morgan fingerprint density at radius 1 is 1.78 bits per heavy atom. The summed E-state index contributed by atoms with van der Waals surface area (Å²) in [6.07, 6.45) is 3.58. The van der Waals surface area contributed by atoms with Crippen molar-refractivity contribution in [1.82, 2.24) is 0 Å². The number of allylic oxidation sites excluding steroid dienone is 2. The maximum Gasteiger partial charge on any atom is 0.133 e. The van der Waals surface area contributed by atoms with Crippen molar-refractivity contribution >= 4 is 6.21 Å². The number of aliphatic imine (C=N–C) groups is 1. The number of nitrogens with zero attached hydrogens (tertiary/aromatic N) is 1. The quantitative estimate of drug-likeness (QED) is 0.472. The first-order valence-electron chi connectivity index (χ1n) is 3.01. The maximum absolute atomic E-state index is 13.0. The molecule has 2 heteroatoms. The third kappa shape index (κ3) is 1.63. The van der Waals surface area contributed by atoms with Gasteiger partial charge in [-0.3, -0.25) is 4.99 Å². The fourth-order valence-electron chi connectivity index (χ4n) is 0.900. The molecule has 0 saturated heterocycles. The smallest absolute Gasteiger partial charge is 0.133 e. The summed E-state index contributed by atoms with van der Waals surface area (Å²) in [6.45, 7) is 3.36. The number of alkyl halides is 1. The second-order valence-corrected chi connectivity index (χ2v) is 2.58. The molecule has 0 amide bonds. The van der Waals surface area contributed by atoms with Gasteiger partial charge in [0.15, 0.2) is 0 Å². The Kier molecular flexibility index (Phi) is 1.39. The van der Waals surface area contributed by atoms with Gasteiger partial charge in [0, 0.05) is 18.3 Å². The number of hydrogen-bond donors (Lipinski definition) is 0. The highest BCUT2D eigenvalue weighted by atomic mass is 19.1. The van der Waals surface area contributed by atoms with Crippen molar-refractivity contribution in [2.45, 2.75) is 25.9 Å². The first-order valence-corrected chi connectivity index (χ1v) is 3.01. The fourth-order valence-corrected chi connectivity index (χ4v) is 0.900. The van der Waals surface area contributed by atoms with Gasteiger partial charge in [-0.1, -0.05) is 0 Å². The van der Waals surface area contributed by atoms with Crippen LogP contribution >= 0.6 is 0 Å². The molecule has 0 aromatic carbocycles. The summed E-state index contributed by atoms with van der Waals surface area (Å²) in [4.78, 5) is 3.92. The van der Waals surface area contributed by atoms with Crippen molar-refractivity contribution in [2.75, 3.05) is 0 Å². The Bertz CT molecular complexity index is 168. The van der Waals surface area contributed by atoms with Crippen LogP contribution in [0.1, 0.15) is 20.3 Å². The van der Waals surface area contributed by atoms with E-state index in [4.69, 9.17) is 0 Å². The van der Waals surface area contributed by atoms with Crippen molar-refractivity contribution in [3.63, 3.8) is 0 Å². The third-order valence-corrected chi connectivity index (χ3v) is 1.30. The Hall–Kier alpha value is -0.660. The molecule has 50 valence electrons. The van der Waals surface area contributed by atoms with Gasteiger partial charge in [0.1, 0.15) is 5.67 Å². The summed E-state index contributed by atoms with van der Waals surface area (Å²) < 4.78 is 13.0. The van der Waals surface area contributed by atoms with E-state index in [9.17, 15) is 4.39 Å². The Balaban J connectivity index is 2.78. The van der Waals surface area contributed by atoms with Gasteiger partial charge in [0.25, 0.3) is 0 Å². The molecule has 9 heavy (non-hydrogen) atoms. The van der Waals surface area contributed by atoms with Crippen LogP contribution in [0.15, 0.2) is 16.8 Å². The molecule has 0 radical (unpaired) electrons. The van der Waals surface area contributed by atoms with E-state index in [1.807, 2.05) is 0 Å². The lowest BCUT2D eigenvalue weighted by Crippen LogP contribution is -2.17. The topological polar surface area (TPSA) is 12.4 Å². The molecule has 0 N–H and O–H groups in total. The Morgan fingerprint density at radius 2 is 2.44 bits per heavy atom. The lowest BCUT2D eigenvalue weighted by Gasteiger charge is -2.16. The van der Waals surface area contributed by atoms with Gasteiger partial charge in [-0.05, 0) is 19.9 Å². The van der Waals surface area contributed by atoms with Crippen LogP contribution in [0.5, 0.6) is 0 Å². The van der Waals surface area contributed by atoms with Gasteiger partial charge >= 0.3 is 0 Å². The average molecular weight is 127 g/mol. The van der Waals surface area contributed by atoms with Crippen LogP contribution in [-0.2, 0) is 0 Å². The molecule has 0 spiro atoms. The molecule has 1 aliphatic rings. The number of hydrogen-bond acceptors (Lipinski definition) is 1. The zero-order valence-electron chi connectivity index (χ0n) is 5.69. The maximum atomic E-state index is 13.0. The minimum absolute atomic E-state index is 0.407. The van der Waals surface area contributed by atoms with E-state index in [0.717, 1.165) is 5.70 Å². The molecule has 0 fully saturated rings. The first kappa shape index (κ1) is 6.46. The fraction of sp³-hybridized carbons (Fsp3) is 0.571. The van der Waals surface area contributed by atoms with Crippen LogP contribution in [-0.4, -0.2) is 11.9 Å². The average Bonchev–Trinajstić information content (AvgIpc) is 1.60. The Labute approximate surface area is 54.3 Å². The van der Waals surface area contributed by atoms with Crippen molar-refractivity contribution in [2.24, 2.45) is 4.99 Å². The SMILES string of the molecule is CC1=CC(C)(F)CC=N1. The predicted octanol–water partition coefficient (Wildman–Crippen LogP) is 2.09. The van der Waals surface area contributed by atoms with Crippen molar-refractivity contribution < 1.29 is 4.39 Å². The van der Waals surface area contributed by atoms with E-state index in [2.05, 4.69) is 4.99 Å². The molecule has 1 aliphatic heterocycles. The lowest BCUT2D eigenvalue weighted by atomic mass is 10.0. The van der Waals surface area contributed by atoms with Crippen LogP contribution in [0.3, 0.4) is 0 Å². The Morgan fingerprint density at radius 3 is 2.78 bits per heavy atom. The molecule has 1 rings (SSSR count). The molecular weight excluding hydrogens is 117 g/mol. The minimum Gasteiger partial charge on any atom is -0.266 e. The van der Waals surface area contributed by atoms with Crippen molar-refractivity contribution in [1.29, 1.82) is 0 Å². The molecule has 0 aromatic heterocycles. The van der Waals surface area contributed by atoms with E-state index in [-0.39, 0.29) is 0 Å². The highest BCUT2D eigenvalue weighted by Crippen LogP contribution is 2.21. The monoisotopic (exact) mass is 127 g/mol.